The smallest absolute Gasteiger partial charge is 0.204 e. The van der Waals surface area contributed by atoms with Crippen molar-refractivity contribution < 1.29 is 21.3 Å². The maximum atomic E-state index is 11.8. The minimum absolute atomic E-state index is 0. The van der Waals surface area contributed by atoms with Gasteiger partial charge in [-0.25, -0.2) is 4.99 Å². The number of ketones is 1. The number of aromatic nitrogens is 1. The average molecular weight is 336 g/mol. The van der Waals surface area contributed by atoms with Crippen LogP contribution in [0.2, 0.25) is 0 Å². The molecule has 1 heterocycles. The molecule has 0 saturated carbocycles. The molecule has 0 atom stereocenters. The molecule has 5 heteroatoms. The number of carbonyl (C=O) groups is 1. The Morgan fingerprint density at radius 3 is 2.45 bits per heavy atom. The predicted octanol–water partition coefficient (Wildman–Crippen LogP) is 3.02. The maximum absolute atomic E-state index is 11.8. The molecule has 0 amide bonds. The van der Waals surface area contributed by atoms with Gasteiger partial charge in [0, 0.05) is 48.0 Å². The summed E-state index contributed by atoms with van der Waals surface area (Å²) in [5, 5.41) is 0. The summed E-state index contributed by atoms with van der Waals surface area (Å²) in [6, 6.07) is 11.6. The molecular weight excluding hydrogens is 321 g/mol. The number of fused-ring (bicyclic) bond motifs is 1. The van der Waals surface area contributed by atoms with Crippen molar-refractivity contribution in [2.75, 3.05) is 19.0 Å². The number of hydrogen-bond donors (Lipinski definition) is 0. The van der Waals surface area contributed by atoms with Crippen LogP contribution in [0.15, 0.2) is 59.7 Å². The van der Waals surface area contributed by atoms with Crippen LogP contribution in [-0.4, -0.2) is 30.6 Å². The number of allylic oxidation sites excluding steroid dienone is 2. The molecule has 0 N–H and O–H groups in total. The van der Waals surface area contributed by atoms with E-state index in [0.29, 0.717) is 5.69 Å². The number of benzene rings is 1. The summed E-state index contributed by atoms with van der Waals surface area (Å²) < 4.78 is 0. The number of nitrogens with zero attached hydrogens (tertiary/aromatic N) is 3. The first-order valence-electron chi connectivity index (χ1n) is 6.69. The van der Waals surface area contributed by atoms with Gasteiger partial charge < -0.3 is 4.90 Å². The summed E-state index contributed by atoms with van der Waals surface area (Å²) in [5.74, 6) is -0.0764. The maximum Gasteiger partial charge on any atom is 0.204 e. The molecule has 0 fully saturated rings. The topological polar surface area (TPSA) is 45.6 Å². The summed E-state index contributed by atoms with van der Waals surface area (Å²) in [7, 11) is 4.00. The molecule has 2 aromatic rings. The molecule has 1 aromatic carbocycles. The number of aliphatic imine (C=N–C) groups is 1. The second-order valence-corrected chi connectivity index (χ2v) is 5.01. The van der Waals surface area contributed by atoms with E-state index in [1.54, 1.807) is 12.3 Å². The van der Waals surface area contributed by atoms with Crippen molar-refractivity contribution >= 4 is 22.9 Å². The van der Waals surface area contributed by atoms with E-state index >= 15 is 0 Å². The zero-order valence-electron chi connectivity index (χ0n) is 12.3. The van der Waals surface area contributed by atoms with Crippen molar-refractivity contribution in [3.63, 3.8) is 0 Å². The first-order chi connectivity index (χ1) is 10.1. The van der Waals surface area contributed by atoms with Crippen LogP contribution in [0.4, 0.5) is 11.4 Å². The van der Waals surface area contributed by atoms with E-state index < -0.39 is 0 Å². The number of carbonyl (C=O) groups excluding carboxylic acids is 1. The van der Waals surface area contributed by atoms with Crippen LogP contribution in [0.1, 0.15) is 16.1 Å². The van der Waals surface area contributed by atoms with Crippen molar-refractivity contribution in [1.29, 1.82) is 0 Å². The van der Waals surface area contributed by atoms with E-state index in [9.17, 15) is 4.79 Å². The molecule has 0 spiro atoms. The molecular formula is C17H15N3NiO. The van der Waals surface area contributed by atoms with Crippen molar-refractivity contribution in [3.05, 3.63) is 66.0 Å². The minimum atomic E-state index is -0.0764. The van der Waals surface area contributed by atoms with Crippen LogP contribution in [0.3, 0.4) is 0 Å². The van der Waals surface area contributed by atoms with Gasteiger partial charge in [0.2, 0.25) is 5.78 Å². The Labute approximate surface area is 139 Å². The zero-order chi connectivity index (χ0) is 14.8. The summed E-state index contributed by atoms with van der Waals surface area (Å²) in [5.41, 5.74) is 3.97. The van der Waals surface area contributed by atoms with Crippen molar-refractivity contribution in [2.24, 2.45) is 4.99 Å². The van der Waals surface area contributed by atoms with E-state index in [1.807, 2.05) is 55.4 Å². The van der Waals surface area contributed by atoms with E-state index in [4.69, 9.17) is 0 Å². The van der Waals surface area contributed by atoms with Crippen LogP contribution in [0, 0.1) is 0 Å². The molecule has 0 radical (unpaired) electrons. The number of rotatable bonds is 2. The van der Waals surface area contributed by atoms with Gasteiger partial charge in [0.25, 0.3) is 0 Å². The third-order valence-corrected chi connectivity index (χ3v) is 3.33. The van der Waals surface area contributed by atoms with Crippen LogP contribution in [-0.2, 0) is 16.5 Å². The Kier molecular flexibility index (Phi) is 4.89. The summed E-state index contributed by atoms with van der Waals surface area (Å²) >= 11 is 0. The monoisotopic (exact) mass is 335 g/mol. The fraction of sp³-hybridized carbons (Fsp3) is 0.118. The summed E-state index contributed by atoms with van der Waals surface area (Å²) in [4.78, 5) is 22.6. The normalized spacial score (nSPS) is 14.5. The van der Waals surface area contributed by atoms with Crippen LogP contribution < -0.4 is 4.90 Å². The molecule has 1 aliphatic carbocycles. The van der Waals surface area contributed by atoms with Crippen molar-refractivity contribution in [2.45, 2.75) is 0 Å². The Balaban J connectivity index is 0.00000176. The van der Waals surface area contributed by atoms with Crippen LogP contribution >= 0.6 is 0 Å². The van der Waals surface area contributed by atoms with E-state index in [0.717, 1.165) is 22.6 Å². The van der Waals surface area contributed by atoms with Crippen molar-refractivity contribution in [3.8, 4) is 0 Å². The van der Waals surface area contributed by atoms with Gasteiger partial charge >= 0.3 is 0 Å². The van der Waals surface area contributed by atoms with Gasteiger partial charge in [-0.15, -0.1) is 0 Å². The van der Waals surface area contributed by atoms with Gasteiger partial charge in [0.1, 0.15) is 5.69 Å². The molecule has 1 aromatic heterocycles. The first kappa shape index (κ1) is 16.1. The minimum Gasteiger partial charge on any atom is -0.378 e. The van der Waals surface area contributed by atoms with Gasteiger partial charge in [-0.3, -0.25) is 9.78 Å². The molecule has 0 bridgehead atoms. The molecule has 0 unspecified atom stereocenters. The third-order valence-electron chi connectivity index (χ3n) is 3.33. The molecule has 4 nitrogen and oxygen atoms in total. The SMILES string of the molecule is CN(C)c1ccc(N=C2C=CC(=O)c3ncccc32)cc1.[Ni]. The predicted molar refractivity (Wildman–Crippen MR) is 84.7 cm³/mol. The molecule has 0 aliphatic heterocycles. The molecule has 22 heavy (non-hydrogen) atoms. The molecule has 1 aliphatic rings. The third kappa shape index (κ3) is 3.15. The molecule has 0 saturated heterocycles. The quantitative estimate of drug-likeness (QED) is 0.792. The van der Waals surface area contributed by atoms with Gasteiger partial charge in [0.15, 0.2) is 0 Å². The average Bonchev–Trinajstić information content (AvgIpc) is 2.51. The van der Waals surface area contributed by atoms with Gasteiger partial charge in [-0.05, 0) is 48.6 Å². The van der Waals surface area contributed by atoms with Gasteiger partial charge in [-0.2, -0.15) is 0 Å². The number of anilines is 1. The van der Waals surface area contributed by atoms with E-state index in [2.05, 4.69) is 9.98 Å². The Bertz CT molecular complexity index is 749. The van der Waals surface area contributed by atoms with Crippen LogP contribution in [0.5, 0.6) is 0 Å². The van der Waals surface area contributed by atoms with E-state index in [1.165, 1.54) is 6.08 Å². The molecule has 114 valence electrons. The number of pyridine rings is 1. The fourth-order valence-electron chi connectivity index (χ4n) is 2.19. The van der Waals surface area contributed by atoms with Crippen molar-refractivity contribution in [1.82, 2.24) is 4.98 Å². The van der Waals surface area contributed by atoms with Crippen LogP contribution in [0.25, 0.3) is 0 Å². The number of hydrogen-bond acceptors (Lipinski definition) is 4. The van der Waals surface area contributed by atoms with Gasteiger partial charge in [0.05, 0.1) is 11.4 Å². The van der Waals surface area contributed by atoms with E-state index in [-0.39, 0.29) is 22.3 Å². The largest absolute Gasteiger partial charge is 0.378 e. The summed E-state index contributed by atoms with van der Waals surface area (Å²) in [6.07, 6.45) is 4.88. The fourth-order valence-corrected chi connectivity index (χ4v) is 2.19. The Hall–Kier alpha value is -2.26. The standard InChI is InChI=1S/C17H15N3O.Ni/c1-20(2)13-7-5-12(6-8-13)19-15-9-10-16(21)17-14(15)4-3-11-18-17;/h3-11H,1-2H3;. The molecule has 3 rings (SSSR count). The van der Waals surface area contributed by atoms with Gasteiger partial charge in [-0.1, -0.05) is 0 Å². The summed E-state index contributed by atoms with van der Waals surface area (Å²) in [6.45, 7) is 0. The Morgan fingerprint density at radius 2 is 1.77 bits per heavy atom. The zero-order valence-corrected chi connectivity index (χ0v) is 13.2. The first-order valence-corrected chi connectivity index (χ1v) is 6.69. The Morgan fingerprint density at radius 1 is 1.05 bits per heavy atom. The second-order valence-electron chi connectivity index (χ2n) is 5.01. The second kappa shape index (κ2) is 6.67.